The van der Waals surface area contributed by atoms with E-state index in [1.807, 2.05) is 6.07 Å². The quantitative estimate of drug-likeness (QED) is 0.840. The Labute approximate surface area is 158 Å². The molecule has 0 radical (unpaired) electrons. The van der Waals surface area contributed by atoms with E-state index >= 15 is 0 Å². The summed E-state index contributed by atoms with van der Waals surface area (Å²) in [7, 11) is 0. The fourth-order valence-electron chi connectivity index (χ4n) is 3.87. The molecule has 1 fully saturated rings. The first-order valence-electron chi connectivity index (χ1n) is 9.44. The van der Waals surface area contributed by atoms with Gasteiger partial charge in [0.2, 0.25) is 0 Å². The van der Waals surface area contributed by atoms with Crippen molar-refractivity contribution in [3.05, 3.63) is 59.4 Å². The van der Waals surface area contributed by atoms with Crippen LogP contribution in [0.3, 0.4) is 0 Å². The number of benzene rings is 2. The molecule has 4 rings (SSSR count). The van der Waals surface area contributed by atoms with E-state index in [4.69, 9.17) is 9.47 Å². The van der Waals surface area contributed by atoms with E-state index in [1.54, 1.807) is 12.1 Å². The SMILES string of the molecule is O=C(C[NH+]1CCC[C@@H]1c1ccc2c(c1)OCCO2)NCc1ccc(F)cc1. The number of carbonyl (C=O) groups is 1. The Morgan fingerprint density at radius 3 is 2.70 bits per heavy atom. The zero-order valence-corrected chi connectivity index (χ0v) is 15.2. The number of fused-ring (bicyclic) bond motifs is 1. The van der Waals surface area contributed by atoms with Gasteiger partial charge in [-0.15, -0.1) is 0 Å². The molecule has 0 aliphatic carbocycles. The second-order valence-corrected chi connectivity index (χ2v) is 7.09. The molecule has 27 heavy (non-hydrogen) atoms. The lowest BCUT2D eigenvalue weighted by molar-refractivity contribution is -0.910. The fourth-order valence-corrected chi connectivity index (χ4v) is 3.87. The van der Waals surface area contributed by atoms with Crippen LogP contribution < -0.4 is 19.7 Å². The second-order valence-electron chi connectivity index (χ2n) is 7.09. The van der Waals surface area contributed by atoms with Crippen LogP contribution in [0.15, 0.2) is 42.5 Å². The molecule has 0 saturated carbocycles. The smallest absolute Gasteiger partial charge is 0.275 e. The van der Waals surface area contributed by atoms with Crippen molar-refractivity contribution in [3.8, 4) is 11.5 Å². The van der Waals surface area contributed by atoms with Gasteiger partial charge < -0.3 is 19.7 Å². The van der Waals surface area contributed by atoms with Gasteiger partial charge in [0, 0.05) is 24.9 Å². The molecule has 2 N–H and O–H groups in total. The highest BCUT2D eigenvalue weighted by Gasteiger charge is 2.32. The first-order valence-corrected chi connectivity index (χ1v) is 9.44. The van der Waals surface area contributed by atoms with Crippen molar-refractivity contribution < 1.29 is 23.6 Å². The van der Waals surface area contributed by atoms with Crippen molar-refractivity contribution in [3.63, 3.8) is 0 Å². The summed E-state index contributed by atoms with van der Waals surface area (Å²) in [6.45, 7) is 2.98. The third-order valence-corrected chi connectivity index (χ3v) is 5.24. The molecule has 142 valence electrons. The van der Waals surface area contributed by atoms with Crippen molar-refractivity contribution in [1.29, 1.82) is 0 Å². The number of carbonyl (C=O) groups excluding carboxylic acids is 1. The molecule has 1 saturated heterocycles. The zero-order valence-electron chi connectivity index (χ0n) is 15.2. The van der Waals surface area contributed by atoms with E-state index in [1.165, 1.54) is 22.6 Å². The van der Waals surface area contributed by atoms with Crippen LogP contribution in [0.5, 0.6) is 11.5 Å². The second kappa shape index (κ2) is 7.96. The number of rotatable bonds is 5. The standard InChI is InChI=1S/C21H23FN2O3/c22-17-6-3-15(4-7-17)13-23-21(25)14-24-9-1-2-18(24)16-5-8-19-20(12-16)27-11-10-26-19/h3-8,12,18H,1-2,9-11,13-14H2,(H,23,25)/p+1/t18-/m1/s1. The van der Waals surface area contributed by atoms with E-state index in [0.717, 1.165) is 36.4 Å². The first kappa shape index (κ1) is 17.8. The summed E-state index contributed by atoms with van der Waals surface area (Å²) in [6, 6.07) is 12.6. The summed E-state index contributed by atoms with van der Waals surface area (Å²) in [5.74, 6) is 1.33. The molecule has 0 spiro atoms. The van der Waals surface area contributed by atoms with Gasteiger partial charge in [-0.25, -0.2) is 4.39 Å². The average Bonchev–Trinajstić information content (AvgIpc) is 3.15. The van der Waals surface area contributed by atoms with Crippen LogP contribution in [-0.2, 0) is 11.3 Å². The molecule has 2 heterocycles. The van der Waals surface area contributed by atoms with Crippen LogP contribution >= 0.6 is 0 Å². The van der Waals surface area contributed by atoms with Gasteiger partial charge >= 0.3 is 0 Å². The Bertz CT molecular complexity index is 810. The van der Waals surface area contributed by atoms with E-state index in [0.29, 0.717) is 26.3 Å². The van der Waals surface area contributed by atoms with E-state index in [9.17, 15) is 9.18 Å². The van der Waals surface area contributed by atoms with Crippen molar-refractivity contribution in [2.75, 3.05) is 26.3 Å². The molecule has 1 amide bonds. The lowest BCUT2D eigenvalue weighted by atomic mass is 10.0. The molecule has 1 unspecified atom stereocenters. The number of amides is 1. The highest BCUT2D eigenvalue weighted by Crippen LogP contribution is 2.33. The Morgan fingerprint density at radius 1 is 1.11 bits per heavy atom. The summed E-state index contributed by atoms with van der Waals surface area (Å²) < 4.78 is 24.2. The monoisotopic (exact) mass is 371 g/mol. The topological polar surface area (TPSA) is 52.0 Å². The minimum absolute atomic E-state index is 0.0127. The van der Waals surface area contributed by atoms with Crippen molar-refractivity contribution in [1.82, 2.24) is 5.32 Å². The molecule has 2 atom stereocenters. The lowest BCUT2D eigenvalue weighted by Crippen LogP contribution is -3.11. The van der Waals surface area contributed by atoms with E-state index in [-0.39, 0.29) is 17.8 Å². The van der Waals surface area contributed by atoms with Gasteiger partial charge in [-0.1, -0.05) is 12.1 Å². The summed E-state index contributed by atoms with van der Waals surface area (Å²) in [4.78, 5) is 13.7. The summed E-state index contributed by atoms with van der Waals surface area (Å²) in [6.07, 6.45) is 2.15. The predicted octanol–water partition coefficient (Wildman–Crippen LogP) is 1.63. The molecular weight excluding hydrogens is 347 g/mol. The molecule has 5 nitrogen and oxygen atoms in total. The van der Waals surface area contributed by atoms with Gasteiger partial charge in [0.25, 0.3) is 5.91 Å². The van der Waals surface area contributed by atoms with Crippen LogP contribution in [0.2, 0.25) is 0 Å². The number of ether oxygens (including phenoxy) is 2. The highest BCUT2D eigenvalue weighted by atomic mass is 19.1. The summed E-state index contributed by atoms with van der Waals surface area (Å²) >= 11 is 0. The fraction of sp³-hybridized carbons (Fsp3) is 0.381. The van der Waals surface area contributed by atoms with Gasteiger partial charge in [0.1, 0.15) is 25.1 Å². The lowest BCUT2D eigenvalue weighted by Gasteiger charge is -2.24. The number of hydrogen-bond acceptors (Lipinski definition) is 3. The van der Waals surface area contributed by atoms with Crippen molar-refractivity contribution in [2.45, 2.75) is 25.4 Å². The molecule has 0 aromatic heterocycles. The first-order chi connectivity index (χ1) is 13.2. The van der Waals surface area contributed by atoms with Gasteiger partial charge in [-0.2, -0.15) is 0 Å². The normalized spacial score (nSPS) is 21.1. The summed E-state index contributed by atoms with van der Waals surface area (Å²) in [5.41, 5.74) is 2.09. The van der Waals surface area contributed by atoms with Crippen LogP contribution in [0.1, 0.15) is 30.0 Å². The van der Waals surface area contributed by atoms with Crippen molar-refractivity contribution >= 4 is 5.91 Å². The molecule has 2 aliphatic rings. The highest BCUT2D eigenvalue weighted by molar-refractivity contribution is 5.76. The van der Waals surface area contributed by atoms with Gasteiger partial charge in [0.05, 0.1) is 6.54 Å². The Morgan fingerprint density at radius 2 is 1.89 bits per heavy atom. The number of nitrogens with one attached hydrogen (secondary N) is 2. The minimum Gasteiger partial charge on any atom is -0.486 e. The van der Waals surface area contributed by atoms with Crippen LogP contribution in [0, 0.1) is 5.82 Å². The molecule has 6 heteroatoms. The van der Waals surface area contributed by atoms with Gasteiger partial charge in [0.15, 0.2) is 18.0 Å². The van der Waals surface area contributed by atoms with Crippen LogP contribution in [-0.4, -0.2) is 32.2 Å². The maximum absolute atomic E-state index is 13.0. The van der Waals surface area contributed by atoms with Crippen LogP contribution in [0.25, 0.3) is 0 Å². The molecule has 2 aromatic carbocycles. The number of hydrogen-bond donors (Lipinski definition) is 2. The van der Waals surface area contributed by atoms with Gasteiger partial charge in [-0.05, 0) is 35.9 Å². The van der Waals surface area contributed by atoms with Crippen LogP contribution in [0.4, 0.5) is 4.39 Å². The maximum Gasteiger partial charge on any atom is 0.275 e. The maximum atomic E-state index is 13.0. The van der Waals surface area contributed by atoms with E-state index in [2.05, 4.69) is 17.4 Å². The van der Waals surface area contributed by atoms with E-state index < -0.39 is 0 Å². The molecule has 0 bridgehead atoms. The molecule has 2 aromatic rings. The molecule has 2 aliphatic heterocycles. The summed E-state index contributed by atoms with van der Waals surface area (Å²) in [5, 5.41) is 2.94. The number of likely N-dealkylation sites (tertiary alicyclic amines) is 1. The molecular formula is C21H24FN2O3+. The third kappa shape index (κ3) is 4.22. The Kier molecular flexibility index (Phi) is 5.25. The zero-order chi connectivity index (χ0) is 18.6. The number of quaternary nitrogens is 1. The number of halogens is 1. The van der Waals surface area contributed by atoms with Gasteiger partial charge in [-0.3, -0.25) is 4.79 Å². The Balaban J connectivity index is 1.36. The van der Waals surface area contributed by atoms with Crippen molar-refractivity contribution in [2.24, 2.45) is 0 Å². The minimum atomic E-state index is -0.270. The average molecular weight is 371 g/mol. The predicted molar refractivity (Wildman–Crippen MR) is 98.4 cm³/mol. The largest absolute Gasteiger partial charge is 0.486 e. The third-order valence-electron chi connectivity index (χ3n) is 5.24. The Hall–Kier alpha value is -2.60.